The molecule has 3 nitrogen and oxygen atoms in total. The molecule has 0 saturated carbocycles. The van der Waals surface area contributed by atoms with Gasteiger partial charge in [-0.15, -0.1) is 0 Å². The molecule has 1 heterocycles. The van der Waals surface area contributed by atoms with Crippen LogP contribution in [0.25, 0.3) is 104 Å². The van der Waals surface area contributed by atoms with Gasteiger partial charge in [-0.3, -0.25) is 0 Å². The first-order chi connectivity index (χ1) is 39.2. The summed E-state index contributed by atoms with van der Waals surface area (Å²) in [5.74, 6) is 0. The number of fused-ring (bicyclic) bond motifs is 10. The molecule has 0 aliphatic heterocycles. The second-order valence-corrected chi connectivity index (χ2v) is 20.4. The smallest absolute Gasteiger partial charge is 0.0541 e. The Balaban J connectivity index is 0.820. The van der Waals surface area contributed by atoms with Crippen LogP contribution in [-0.2, 0) is 0 Å². The third kappa shape index (κ3) is 7.99. The molecule has 0 aliphatic rings. The van der Waals surface area contributed by atoms with Gasteiger partial charge >= 0.3 is 0 Å². The van der Waals surface area contributed by atoms with E-state index in [0.717, 1.165) is 50.9 Å². The Morgan fingerprint density at radius 1 is 0.203 bits per heavy atom. The number of nitrogens with zero attached hydrogens (tertiary/aromatic N) is 3. The predicted molar refractivity (Wildman–Crippen MR) is 336 cm³/mol. The minimum absolute atomic E-state index is 1.07. The molecule has 0 bridgehead atoms. The SMILES string of the molecule is c1ccc(N(c2ccccc2)c2ccc(-c3ccc(N(c4ccc(-c5ccc6c7ccccc7c7ccccc7c6c5)cc4)c4ccc(-c5ccc6c(c5)c5ccccc5n6-c5ccccc5)cc4)cc3)c3ccccc23)cc1. The Kier molecular flexibility index (Phi) is 11.2. The van der Waals surface area contributed by atoms with Gasteiger partial charge in [0.25, 0.3) is 0 Å². The fourth-order valence-electron chi connectivity index (χ4n) is 12.2. The molecule has 0 radical (unpaired) electrons. The third-order valence-corrected chi connectivity index (χ3v) is 16.0. The number of hydrogen-bond donors (Lipinski definition) is 0. The zero-order chi connectivity index (χ0) is 52.2. The highest BCUT2D eigenvalue weighted by molar-refractivity contribution is 6.26. The number of para-hydroxylation sites is 4. The molecule has 0 spiro atoms. The van der Waals surface area contributed by atoms with Crippen molar-refractivity contribution in [3.05, 3.63) is 309 Å². The molecule has 0 fully saturated rings. The minimum Gasteiger partial charge on any atom is -0.311 e. The topological polar surface area (TPSA) is 11.4 Å². The van der Waals surface area contributed by atoms with E-state index in [0.29, 0.717) is 0 Å². The van der Waals surface area contributed by atoms with Gasteiger partial charge in [0.1, 0.15) is 0 Å². The van der Waals surface area contributed by atoms with Gasteiger partial charge in [-0.1, -0.05) is 206 Å². The van der Waals surface area contributed by atoms with Crippen molar-refractivity contribution < 1.29 is 0 Å². The number of benzene rings is 14. The van der Waals surface area contributed by atoms with Crippen molar-refractivity contribution in [2.75, 3.05) is 9.80 Å². The first kappa shape index (κ1) is 45.9. The fourth-order valence-corrected chi connectivity index (χ4v) is 12.2. The number of aromatic nitrogens is 1. The maximum Gasteiger partial charge on any atom is 0.0541 e. The first-order valence-electron chi connectivity index (χ1n) is 27.2. The molecule has 14 aromatic carbocycles. The van der Waals surface area contributed by atoms with E-state index in [-0.39, 0.29) is 0 Å². The molecule has 1 aromatic heterocycles. The average molecular weight is 1010 g/mol. The zero-order valence-corrected chi connectivity index (χ0v) is 43.3. The maximum atomic E-state index is 2.38. The van der Waals surface area contributed by atoms with Gasteiger partial charge in [-0.05, 0) is 174 Å². The molecule has 0 aliphatic carbocycles. The van der Waals surface area contributed by atoms with Crippen molar-refractivity contribution in [2.45, 2.75) is 0 Å². The summed E-state index contributed by atoms with van der Waals surface area (Å²) in [5, 5.41) is 12.5. The second kappa shape index (κ2) is 19.3. The summed E-state index contributed by atoms with van der Waals surface area (Å²) in [5.41, 5.74) is 17.2. The van der Waals surface area contributed by atoms with Gasteiger partial charge in [0.15, 0.2) is 0 Å². The quantitative estimate of drug-likeness (QED) is 0.127. The van der Waals surface area contributed by atoms with E-state index in [1.807, 2.05) is 0 Å². The standard InChI is InChI=1S/C76H51N3/c1-4-18-57(19-5-1)78(58-20-6-2-7-21-58)75-49-47-63(64-24-14-15-29-70(64)75)54-36-44-62(45-37-54)77(60-40-32-52(33-41-60)55-38-46-69-67-27-11-10-25-65(67)66-26-12-13-28-68(66)72(69)50-55)61-42-34-53(35-43-61)56-39-48-76-73(51-56)71-30-16-17-31-74(71)79(76)59-22-8-3-9-23-59/h1-51H. The van der Waals surface area contributed by atoms with Crippen LogP contribution in [0.4, 0.5) is 34.1 Å². The minimum atomic E-state index is 1.07. The Labute approximate surface area is 459 Å². The van der Waals surface area contributed by atoms with Crippen molar-refractivity contribution in [2.24, 2.45) is 0 Å². The van der Waals surface area contributed by atoms with Gasteiger partial charge in [-0.25, -0.2) is 0 Å². The number of hydrogen-bond acceptors (Lipinski definition) is 2. The summed E-state index contributed by atoms with van der Waals surface area (Å²) in [6.45, 7) is 0. The van der Waals surface area contributed by atoms with Gasteiger partial charge in [0.05, 0.1) is 16.7 Å². The average Bonchev–Trinajstić information content (AvgIpc) is 4.03. The lowest BCUT2D eigenvalue weighted by atomic mass is 9.92. The Morgan fingerprint density at radius 3 is 1.14 bits per heavy atom. The van der Waals surface area contributed by atoms with E-state index < -0.39 is 0 Å². The lowest BCUT2D eigenvalue weighted by Crippen LogP contribution is -2.10. The highest BCUT2D eigenvalue weighted by atomic mass is 15.1. The lowest BCUT2D eigenvalue weighted by Gasteiger charge is -2.27. The van der Waals surface area contributed by atoms with Crippen molar-refractivity contribution in [1.82, 2.24) is 4.57 Å². The molecule has 15 aromatic rings. The van der Waals surface area contributed by atoms with Crippen molar-refractivity contribution in [3.63, 3.8) is 0 Å². The molecule has 0 atom stereocenters. The Bertz CT molecular complexity index is 4660. The number of anilines is 6. The maximum absolute atomic E-state index is 2.38. The van der Waals surface area contributed by atoms with E-state index in [1.54, 1.807) is 0 Å². The molecule has 79 heavy (non-hydrogen) atoms. The van der Waals surface area contributed by atoms with Crippen LogP contribution in [-0.4, -0.2) is 4.57 Å². The molecule has 3 heteroatoms. The van der Waals surface area contributed by atoms with E-state index in [9.17, 15) is 0 Å². The summed E-state index contributed by atoms with van der Waals surface area (Å²) >= 11 is 0. The molecule has 0 amide bonds. The van der Waals surface area contributed by atoms with Crippen LogP contribution in [0, 0.1) is 0 Å². The highest BCUT2D eigenvalue weighted by Gasteiger charge is 2.20. The Morgan fingerprint density at radius 2 is 0.582 bits per heavy atom. The predicted octanol–water partition coefficient (Wildman–Crippen LogP) is 21.3. The summed E-state index contributed by atoms with van der Waals surface area (Å²) < 4.78 is 2.37. The van der Waals surface area contributed by atoms with E-state index in [2.05, 4.69) is 324 Å². The second-order valence-electron chi connectivity index (χ2n) is 20.4. The molecule has 0 unspecified atom stereocenters. The van der Waals surface area contributed by atoms with E-state index in [4.69, 9.17) is 0 Å². The van der Waals surface area contributed by atoms with Crippen LogP contribution < -0.4 is 9.80 Å². The summed E-state index contributed by atoms with van der Waals surface area (Å²) in [6.07, 6.45) is 0. The highest BCUT2D eigenvalue weighted by Crippen LogP contribution is 2.45. The summed E-state index contributed by atoms with van der Waals surface area (Å²) in [6, 6.07) is 113. The van der Waals surface area contributed by atoms with Crippen molar-refractivity contribution >= 4 is 99.0 Å². The van der Waals surface area contributed by atoms with Crippen molar-refractivity contribution in [3.8, 4) is 39.1 Å². The summed E-state index contributed by atoms with van der Waals surface area (Å²) in [7, 11) is 0. The van der Waals surface area contributed by atoms with Gasteiger partial charge < -0.3 is 14.4 Å². The molecular weight excluding hydrogens is 955 g/mol. The van der Waals surface area contributed by atoms with Crippen LogP contribution in [0.5, 0.6) is 0 Å². The normalized spacial score (nSPS) is 11.5. The monoisotopic (exact) mass is 1010 g/mol. The van der Waals surface area contributed by atoms with Crippen LogP contribution in [0.2, 0.25) is 0 Å². The Hall–Kier alpha value is -10.5. The molecule has 0 N–H and O–H groups in total. The molecule has 15 rings (SSSR count). The largest absolute Gasteiger partial charge is 0.311 e. The lowest BCUT2D eigenvalue weighted by molar-refractivity contribution is 1.18. The third-order valence-electron chi connectivity index (χ3n) is 16.0. The van der Waals surface area contributed by atoms with E-state index in [1.165, 1.54) is 87.1 Å². The fraction of sp³-hybridized carbons (Fsp3) is 0. The van der Waals surface area contributed by atoms with E-state index >= 15 is 0 Å². The van der Waals surface area contributed by atoms with Crippen LogP contribution in [0.3, 0.4) is 0 Å². The number of rotatable bonds is 10. The van der Waals surface area contributed by atoms with Crippen LogP contribution in [0.15, 0.2) is 309 Å². The molecule has 0 saturated heterocycles. The molecular formula is C76H51N3. The van der Waals surface area contributed by atoms with Gasteiger partial charge in [0, 0.05) is 50.3 Å². The zero-order valence-electron chi connectivity index (χ0n) is 43.3. The van der Waals surface area contributed by atoms with Gasteiger partial charge in [0.2, 0.25) is 0 Å². The van der Waals surface area contributed by atoms with Crippen LogP contribution in [0.1, 0.15) is 0 Å². The molecule has 370 valence electrons. The van der Waals surface area contributed by atoms with Crippen LogP contribution >= 0.6 is 0 Å². The van der Waals surface area contributed by atoms with Gasteiger partial charge in [-0.2, -0.15) is 0 Å². The van der Waals surface area contributed by atoms with Crippen molar-refractivity contribution in [1.29, 1.82) is 0 Å². The summed E-state index contributed by atoms with van der Waals surface area (Å²) in [4.78, 5) is 4.74. The first-order valence-corrected chi connectivity index (χ1v) is 27.2.